The molecule has 5 heterocycles. The summed E-state index contributed by atoms with van der Waals surface area (Å²) >= 11 is 0. The second-order valence-corrected chi connectivity index (χ2v) is 11.6. The molecule has 40 heavy (non-hydrogen) atoms. The molecule has 4 aromatic rings. The minimum Gasteiger partial charge on any atom is -0.456 e. The summed E-state index contributed by atoms with van der Waals surface area (Å²) in [7, 11) is 1.92. The Morgan fingerprint density at radius 2 is 2.00 bits per heavy atom. The van der Waals surface area contributed by atoms with Gasteiger partial charge in [0.25, 0.3) is 0 Å². The molecular formula is C29H35N7O4. The fourth-order valence-electron chi connectivity index (χ4n) is 4.87. The molecule has 0 radical (unpaired) electrons. The van der Waals surface area contributed by atoms with Gasteiger partial charge in [-0.05, 0) is 18.9 Å². The monoisotopic (exact) mass is 545 g/mol. The predicted octanol–water partition coefficient (Wildman–Crippen LogP) is 4.33. The fraction of sp³-hybridized carbons (Fsp3) is 0.483. The highest BCUT2D eigenvalue weighted by Crippen LogP contribution is 2.32. The minimum atomic E-state index is -0.111. The predicted molar refractivity (Wildman–Crippen MR) is 149 cm³/mol. The van der Waals surface area contributed by atoms with Crippen molar-refractivity contribution in [2.45, 2.75) is 58.1 Å². The summed E-state index contributed by atoms with van der Waals surface area (Å²) < 4.78 is 21.4. The molecule has 2 fully saturated rings. The summed E-state index contributed by atoms with van der Waals surface area (Å²) in [6, 6.07) is 7.54. The zero-order valence-corrected chi connectivity index (χ0v) is 23.4. The number of aryl methyl sites for hydroxylation is 1. The van der Waals surface area contributed by atoms with Crippen molar-refractivity contribution in [3.8, 4) is 11.5 Å². The third kappa shape index (κ3) is 5.85. The molecule has 0 spiro atoms. The molecular weight excluding hydrogens is 510 g/mol. The second-order valence-electron chi connectivity index (χ2n) is 11.6. The van der Waals surface area contributed by atoms with Crippen LogP contribution in [0.2, 0.25) is 0 Å². The Hall–Kier alpha value is -3.83. The number of carbonyl (C=O) groups excluding carboxylic acids is 1. The zero-order chi connectivity index (χ0) is 27.9. The van der Waals surface area contributed by atoms with Crippen LogP contribution in [-0.4, -0.2) is 61.0 Å². The maximum Gasteiger partial charge on any atom is 0.210 e. The lowest BCUT2D eigenvalue weighted by Crippen LogP contribution is -2.34. The largest absolute Gasteiger partial charge is 0.456 e. The lowest BCUT2D eigenvalue weighted by Gasteiger charge is -2.26. The topological polar surface area (TPSA) is 118 Å². The van der Waals surface area contributed by atoms with Crippen LogP contribution < -0.4 is 10.1 Å². The van der Waals surface area contributed by atoms with E-state index in [1.807, 2.05) is 28.4 Å². The summed E-state index contributed by atoms with van der Waals surface area (Å²) in [5.74, 6) is 2.95. The lowest BCUT2D eigenvalue weighted by molar-refractivity contribution is -0.119. The molecule has 0 unspecified atom stereocenters. The van der Waals surface area contributed by atoms with E-state index in [1.165, 1.54) is 0 Å². The molecule has 1 atom stereocenters. The van der Waals surface area contributed by atoms with Crippen LogP contribution in [0.25, 0.3) is 11.2 Å². The average molecular weight is 546 g/mol. The number of rotatable bonds is 9. The molecule has 11 nitrogen and oxygen atoms in total. The minimum absolute atomic E-state index is 0.0314. The molecule has 1 aliphatic carbocycles. The highest BCUT2D eigenvalue weighted by Gasteiger charge is 2.29. The van der Waals surface area contributed by atoms with E-state index >= 15 is 0 Å². The first-order chi connectivity index (χ1) is 19.2. The molecule has 1 N–H and O–H groups in total. The number of pyridine rings is 2. The smallest absolute Gasteiger partial charge is 0.210 e. The summed E-state index contributed by atoms with van der Waals surface area (Å²) in [5.41, 5.74) is 3.09. The third-order valence-corrected chi connectivity index (χ3v) is 7.17. The number of hydrogen-bond acceptors (Lipinski definition) is 9. The van der Waals surface area contributed by atoms with E-state index in [4.69, 9.17) is 19.3 Å². The van der Waals surface area contributed by atoms with E-state index in [9.17, 15) is 4.79 Å². The zero-order valence-electron chi connectivity index (χ0n) is 23.4. The molecule has 1 saturated carbocycles. The molecule has 2 aliphatic rings. The van der Waals surface area contributed by atoms with Crippen molar-refractivity contribution in [1.82, 2.24) is 29.3 Å². The Kier molecular flexibility index (Phi) is 7.01. The van der Waals surface area contributed by atoms with E-state index < -0.39 is 0 Å². The van der Waals surface area contributed by atoms with E-state index in [0.717, 1.165) is 24.1 Å². The number of ketones is 1. The van der Waals surface area contributed by atoms with Crippen LogP contribution in [0.15, 0.2) is 36.7 Å². The summed E-state index contributed by atoms with van der Waals surface area (Å²) in [6.07, 6.45) is 5.61. The van der Waals surface area contributed by atoms with Gasteiger partial charge in [0, 0.05) is 54.9 Å². The lowest BCUT2D eigenvalue weighted by atomic mass is 9.92. The maximum atomic E-state index is 12.2. The molecule has 11 heteroatoms. The second kappa shape index (κ2) is 10.6. The maximum absolute atomic E-state index is 12.2. The number of nitrogens with one attached hydrogen (secondary N) is 1. The molecule has 1 aliphatic heterocycles. The average Bonchev–Trinajstić information content (AvgIpc) is 3.63. The Labute approximate surface area is 232 Å². The first-order valence-corrected chi connectivity index (χ1v) is 13.8. The normalized spacial score (nSPS) is 17.8. The van der Waals surface area contributed by atoms with Crippen LogP contribution in [0.3, 0.4) is 0 Å². The number of imidazole rings is 1. The standard InChI is InChI=1S/C29H35N7O4/c1-29(2,3)25-14-26(34-36(25)16-22-17-38-9-10-39-22)32-28-33-27-23(35(28)4)13-21(15-31-27)40-20-7-8-30-19(11-20)12-24(37)18-5-6-18/h7-8,11,13-15,18,22H,5-6,9-10,12,16-17H2,1-4H3,(H,31,32,33,34)/t22-/m0/s1. The highest BCUT2D eigenvalue weighted by atomic mass is 16.6. The number of aromatic nitrogens is 6. The first-order valence-electron chi connectivity index (χ1n) is 13.8. The van der Waals surface area contributed by atoms with Crippen LogP contribution in [0.4, 0.5) is 11.8 Å². The van der Waals surface area contributed by atoms with Gasteiger partial charge in [-0.2, -0.15) is 10.1 Å². The molecule has 210 valence electrons. The quantitative estimate of drug-likeness (QED) is 0.328. The molecule has 6 rings (SSSR count). The Balaban J connectivity index is 1.20. The number of hydrogen-bond donors (Lipinski definition) is 1. The van der Waals surface area contributed by atoms with Crippen molar-refractivity contribution in [2.24, 2.45) is 13.0 Å². The molecule has 0 bridgehead atoms. The van der Waals surface area contributed by atoms with Gasteiger partial charge in [0.05, 0.1) is 43.8 Å². The summed E-state index contributed by atoms with van der Waals surface area (Å²) in [5, 5.41) is 8.20. The number of ether oxygens (including phenoxy) is 3. The summed E-state index contributed by atoms with van der Waals surface area (Å²) in [6.45, 7) is 8.91. The number of fused-ring (bicyclic) bond motifs is 1. The van der Waals surface area contributed by atoms with Crippen LogP contribution in [0.5, 0.6) is 11.5 Å². The Bertz CT molecular complexity index is 1530. The van der Waals surface area contributed by atoms with Gasteiger partial charge >= 0.3 is 0 Å². The van der Waals surface area contributed by atoms with Gasteiger partial charge in [-0.3, -0.25) is 14.5 Å². The number of anilines is 2. The van der Waals surface area contributed by atoms with Crippen molar-refractivity contribution < 1.29 is 19.0 Å². The van der Waals surface area contributed by atoms with Crippen LogP contribution in [-0.2, 0) is 39.7 Å². The molecule has 0 amide bonds. The van der Waals surface area contributed by atoms with Gasteiger partial charge in [-0.25, -0.2) is 4.98 Å². The number of nitrogens with zero attached hydrogens (tertiary/aromatic N) is 6. The van der Waals surface area contributed by atoms with Gasteiger partial charge in [-0.15, -0.1) is 0 Å². The van der Waals surface area contributed by atoms with Gasteiger partial charge < -0.3 is 24.1 Å². The van der Waals surface area contributed by atoms with Crippen molar-refractivity contribution in [3.05, 3.63) is 48.0 Å². The van der Waals surface area contributed by atoms with E-state index in [-0.39, 0.29) is 23.2 Å². The van der Waals surface area contributed by atoms with Gasteiger partial charge in [-0.1, -0.05) is 20.8 Å². The number of Topliss-reactive ketones (excluding diaryl/α,β-unsaturated/α-hetero) is 1. The summed E-state index contributed by atoms with van der Waals surface area (Å²) in [4.78, 5) is 25.7. The first kappa shape index (κ1) is 26.4. The molecule has 4 aromatic heterocycles. The van der Waals surface area contributed by atoms with Crippen LogP contribution in [0.1, 0.15) is 45.0 Å². The van der Waals surface area contributed by atoms with E-state index in [1.54, 1.807) is 18.5 Å². The van der Waals surface area contributed by atoms with Crippen LogP contribution in [0, 0.1) is 5.92 Å². The van der Waals surface area contributed by atoms with Crippen molar-refractivity contribution in [1.29, 1.82) is 0 Å². The van der Waals surface area contributed by atoms with Gasteiger partial charge in [0.2, 0.25) is 5.95 Å². The Morgan fingerprint density at radius 1 is 1.15 bits per heavy atom. The third-order valence-electron chi connectivity index (χ3n) is 7.17. The Morgan fingerprint density at radius 3 is 2.75 bits per heavy atom. The van der Waals surface area contributed by atoms with Gasteiger partial charge in [0.1, 0.15) is 23.4 Å². The highest BCUT2D eigenvalue weighted by molar-refractivity contribution is 5.85. The number of carbonyl (C=O) groups is 1. The van der Waals surface area contributed by atoms with Crippen LogP contribution >= 0.6 is 0 Å². The molecule has 1 saturated heterocycles. The van der Waals surface area contributed by atoms with Gasteiger partial charge in [0.15, 0.2) is 11.5 Å². The molecule has 0 aromatic carbocycles. The van der Waals surface area contributed by atoms with Crippen molar-refractivity contribution >= 4 is 28.7 Å². The fourth-order valence-corrected chi connectivity index (χ4v) is 4.87. The van der Waals surface area contributed by atoms with E-state index in [2.05, 4.69) is 47.1 Å². The SMILES string of the molecule is Cn1c(Nc2cc(C(C)(C)C)n(C[C@H]3COCCO3)n2)nc2ncc(Oc3ccnc(CC(=O)C4CC4)c3)cc21. The van der Waals surface area contributed by atoms with Crippen molar-refractivity contribution in [2.75, 3.05) is 25.1 Å². The van der Waals surface area contributed by atoms with Crippen molar-refractivity contribution in [3.63, 3.8) is 0 Å². The van der Waals surface area contributed by atoms with E-state index in [0.29, 0.717) is 67.4 Å².